The molecule has 0 radical (unpaired) electrons. The van der Waals surface area contributed by atoms with Crippen molar-refractivity contribution in [3.05, 3.63) is 52.7 Å². The fraction of sp³-hybridized carbons (Fsp3) is 0.481. The van der Waals surface area contributed by atoms with Gasteiger partial charge in [0.25, 0.3) is 0 Å². The second-order valence-electron chi connectivity index (χ2n) is 10.4. The normalized spacial score (nSPS) is 26.4. The van der Waals surface area contributed by atoms with Gasteiger partial charge in [-0.25, -0.2) is 4.98 Å². The number of fused-ring (bicyclic) bond motifs is 2. The van der Waals surface area contributed by atoms with Crippen molar-refractivity contribution in [2.45, 2.75) is 70.0 Å². The van der Waals surface area contributed by atoms with Crippen molar-refractivity contribution >= 4 is 41.1 Å². The van der Waals surface area contributed by atoms with Crippen LogP contribution < -0.4 is 10.2 Å². The Morgan fingerprint density at radius 2 is 2.00 bits per heavy atom. The van der Waals surface area contributed by atoms with Gasteiger partial charge in [-0.15, -0.1) is 0 Å². The summed E-state index contributed by atoms with van der Waals surface area (Å²) >= 11 is 6.10. The van der Waals surface area contributed by atoms with E-state index in [2.05, 4.69) is 45.0 Å². The molecule has 7 nitrogen and oxygen atoms in total. The lowest BCUT2D eigenvalue weighted by atomic mass is 9.92. The summed E-state index contributed by atoms with van der Waals surface area (Å²) in [6, 6.07) is 9.87. The first kappa shape index (κ1) is 23.8. The van der Waals surface area contributed by atoms with Gasteiger partial charge >= 0.3 is 0 Å². The maximum absolute atomic E-state index is 13.9. The van der Waals surface area contributed by atoms with Crippen LogP contribution in [0.25, 0.3) is 0 Å². The third-order valence-corrected chi connectivity index (χ3v) is 7.79. The lowest BCUT2D eigenvalue weighted by Crippen LogP contribution is -2.55. The van der Waals surface area contributed by atoms with Gasteiger partial charge in [0, 0.05) is 54.2 Å². The monoisotopic (exact) mass is 493 g/mol. The summed E-state index contributed by atoms with van der Waals surface area (Å²) in [5.41, 5.74) is 2.88. The summed E-state index contributed by atoms with van der Waals surface area (Å²) in [6.45, 7) is 9.64. The van der Waals surface area contributed by atoms with E-state index in [9.17, 15) is 9.59 Å². The number of hydrogen-bond donors (Lipinski definition) is 1. The summed E-state index contributed by atoms with van der Waals surface area (Å²) in [7, 11) is 0. The summed E-state index contributed by atoms with van der Waals surface area (Å²) in [5.74, 6) is 0.424. The molecule has 3 heterocycles. The van der Waals surface area contributed by atoms with E-state index in [0.717, 1.165) is 29.8 Å². The van der Waals surface area contributed by atoms with E-state index in [-0.39, 0.29) is 35.4 Å². The molecular formula is C27H32ClN5O2. The molecule has 3 aliphatic rings. The number of anilines is 2. The average Bonchev–Trinajstić information content (AvgIpc) is 3.51. The Hall–Kier alpha value is -2.93. The summed E-state index contributed by atoms with van der Waals surface area (Å²) in [6.07, 6.45) is 4.94. The quantitative estimate of drug-likeness (QED) is 0.616. The van der Waals surface area contributed by atoms with Gasteiger partial charge in [0.1, 0.15) is 5.82 Å². The van der Waals surface area contributed by atoms with Crippen LogP contribution in [0.5, 0.6) is 0 Å². The van der Waals surface area contributed by atoms with Gasteiger partial charge in [0.2, 0.25) is 11.8 Å². The zero-order chi connectivity index (χ0) is 24.9. The molecule has 1 saturated heterocycles. The van der Waals surface area contributed by atoms with Crippen LogP contribution in [0, 0.1) is 0 Å². The first-order chi connectivity index (χ1) is 16.7. The molecule has 1 saturated carbocycles. The molecule has 5 rings (SSSR count). The summed E-state index contributed by atoms with van der Waals surface area (Å²) < 4.78 is 0. The van der Waals surface area contributed by atoms with E-state index in [1.165, 1.54) is 0 Å². The maximum atomic E-state index is 13.9. The molecule has 2 fully saturated rings. The van der Waals surface area contributed by atoms with E-state index in [1.807, 2.05) is 38.1 Å². The van der Waals surface area contributed by atoms with Crippen molar-refractivity contribution in [1.29, 1.82) is 0 Å². The highest BCUT2D eigenvalue weighted by Crippen LogP contribution is 2.52. The first-order valence-corrected chi connectivity index (χ1v) is 12.7. The van der Waals surface area contributed by atoms with E-state index in [1.54, 1.807) is 12.4 Å². The smallest absolute Gasteiger partial charge is 0.236 e. The van der Waals surface area contributed by atoms with Crippen LogP contribution in [0.15, 0.2) is 41.5 Å². The van der Waals surface area contributed by atoms with Crippen LogP contribution in [0.3, 0.4) is 0 Å². The Balaban J connectivity index is 1.42. The van der Waals surface area contributed by atoms with Crippen molar-refractivity contribution in [3.63, 3.8) is 0 Å². The molecule has 0 bridgehead atoms. The zero-order valence-electron chi connectivity index (χ0n) is 20.7. The molecule has 2 amide bonds. The number of amides is 2. The highest BCUT2D eigenvalue weighted by Gasteiger charge is 2.62. The molecule has 1 N–H and O–H groups in total. The molecular weight excluding hydrogens is 462 g/mol. The Labute approximate surface area is 211 Å². The average molecular weight is 494 g/mol. The molecule has 1 aromatic carbocycles. The number of nitrogens with one attached hydrogen (secondary N) is 1. The van der Waals surface area contributed by atoms with E-state index < -0.39 is 5.92 Å². The number of aliphatic imine (C=N–C) groups is 1. The molecule has 2 aliphatic heterocycles. The number of piperazine rings is 1. The predicted octanol–water partition coefficient (Wildman–Crippen LogP) is 4.62. The Bertz CT molecular complexity index is 1180. The third-order valence-electron chi connectivity index (χ3n) is 7.53. The van der Waals surface area contributed by atoms with Crippen LogP contribution in [0.1, 0.15) is 63.5 Å². The minimum atomic E-state index is -0.441. The summed E-state index contributed by atoms with van der Waals surface area (Å²) in [4.78, 5) is 39.4. The highest BCUT2D eigenvalue weighted by atomic mass is 35.5. The third kappa shape index (κ3) is 4.31. The fourth-order valence-electron chi connectivity index (χ4n) is 5.59. The van der Waals surface area contributed by atoms with Gasteiger partial charge in [-0.1, -0.05) is 30.7 Å². The number of carbonyl (C=O) groups is 2. The Morgan fingerprint density at radius 3 is 2.71 bits per heavy atom. The number of carbonyl (C=O) groups excluding carboxylic acids is 2. The zero-order valence-corrected chi connectivity index (χ0v) is 21.4. The number of benzene rings is 1. The van der Waals surface area contributed by atoms with Crippen LogP contribution in [0.2, 0.25) is 5.02 Å². The van der Waals surface area contributed by atoms with Crippen molar-refractivity contribution < 1.29 is 9.59 Å². The molecule has 1 aliphatic carbocycles. The van der Waals surface area contributed by atoms with E-state index in [4.69, 9.17) is 11.6 Å². The van der Waals surface area contributed by atoms with Crippen molar-refractivity contribution in [2.75, 3.05) is 23.3 Å². The van der Waals surface area contributed by atoms with Gasteiger partial charge < -0.3 is 15.1 Å². The van der Waals surface area contributed by atoms with Crippen molar-refractivity contribution in [3.8, 4) is 0 Å². The van der Waals surface area contributed by atoms with Crippen LogP contribution >= 0.6 is 11.6 Å². The molecule has 184 valence electrons. The molecule has 4 atom stereocenters. The van der Waals surface area contributed by atoms with Crippen molar-refractivity contribution in [1.82, 2.24) is 9.88 Å². The van der Waals surface area contributed by atoms with E-state index >= 15 is 0 Å². The van der Waals surface area contributed by atoms with Gasteiger partial charge in [-0.2, -0.15) is 0 Å². The first-order valence-electron chi connectivity index (χ1n) is 12.3. The molecule has 35 heavy (non-hydrogen) atoms. The molecule has 2 aromatic rings. The minimum absolute atomic E-state index is 0.0117. The topological polar surface area (TPSA) is 77.9 Å². The summed E-state index contributed by atoms with van der Waals surface area (Å²) in [5, 5.41) is 3.58. The van der Waals surface area contributed by atoms with Crippen LogP contribution in [-0.4, -0.2) is 58.6 Å². The van der Waals surface area contributed by atoms with Crippen LogP contribution in [-0.2, 0) is 9.59 Å². The van der Waals surface area contributed by atoms with Gasteiger partial charge in [-0.05, 0) is 56.9 Å². The second kappa shape index (κ2) is 8.94. The minimum Gasteiger partial charge on any atom is -0.364 e. The SMILES string of the molecule is CC(C)N=C[C@@H](C(=O)N1CCN(c2ccnc3c2[C@H](C)CC(=O)N3)[C@H]2C[C@]21C)c1ccc(Cl)cc1. The lowest BCUT2D eigenvalue weighted by molar-refractivity contribution is -0.134. The number of pyridine rings is 1. The highest BCUT2D eigenvalue weighted by molar-refractivity contribution is 6.30. The largest absolute Gasteiger partial charge is 0.364 e. The number of halogens is 1. The van der Waals surface area contributed by atoms with Crippen LogP contribution in [0.4, 0.5) is 11.5 Å². The Kier molecular flexibility index (Phi) is 6.08. The van der Waals surface area contributed by atoms with Gasteiger partial charge in [-0.3, -0.25) is 14.6 Å². The maximum Gasteiger partial charge on any atom is 0.236 e. The standard InChI is InChI=1S/C27H32ClN5O2/c1-16(2)30-15-20(18-5-7-19(28)8-6-18)26(35)33-12-11-32(22-14-27(22,33)4)21-9-10-29-25-24(21)17(3)13-23(34)31-25/h5-10,15-17,20,22H,11-14H2,1-4H3,(H,29,31,34)/t17-,20-,22+,27-/m1/s1. The predicted molar refractivity (Wildman–Crippen MR) is 140 cm³/mol. The number of aromatic nitrogens is 1. The molecule has 0 spiro atoms. The van der Waals surface area contributed by atoms with Gasteiger partial charge in [0.15, 0.2) is 0 Å². The van der Waals surface area contributed by atoms with Gasteiger partial charge in [0.05, 0.1) is 17.5 Å². The Morgan fingerprint density at radius 1 is 1.26 bits per heavy atom. The van der Waals surface area contributed by atoms with Crippen molar-refractivity contribution in [2.24, 2.45) is 4.99 Å². The molecule has 0 unspecified atom stereocenters. The molecule has 8 heteroatoms. The second-order valence-corrected chi connectivity index (χ2v) is 10.9. The lowest BCUT2D eigenvalue weighted by Gasteiger charge is -2.43. The van der Waals surface area contributed by atoms with E-state index in [0.29, 0.717) is 23.8 Å². The number of nitrogens with zero attached hydrogens (tertiary/aromatic N) is 4. The number of rotatable bonds is 5. The fourth-order valence-corrected chi connectivity index (χ4v) is 5.71. The molecule has 1 aromatic heterocycles. The number of hydrogen-bond acceptors (Lipinski definition) is 5.